The molecular weight excluding hydrogens is 280 g/mol. The summed E-state index contributed by atoms with van der Waals surface area (Å²) >= 11 is 0. The fraction of sp³-hybridized carbons (Fsp3) is 0.0833. The monoisotopic (exact) mass is 288 g/mol. The summed E-state index contributed by atoms with van der Waals surface area (Å²) in [6, 6.07) is 2.26. The van der Waals surface area contributed by atoms with E-state index in [1.807, 2.05) is 0 Å². The number of aryl methyl sites for hydroxylation is 1. The van der Waals surface area contributed by atoms with Crippen molar-refractivity contribution in [2.24, 2.45) is 5.73 Å². The zero-order valence-corrected chi connectivity index (χ0v) is 10.7. The van der Waals surface area contributed by atoms with Gasteiger partial charge in [-0.15, -0.1) is 0 Å². The molecule has 0 aliphatic carbocycles. The van der Waals surface area contributed by atoms with Gasteiger partial charge in [0, 0.05) is 11.8 Å². The van der Waals surface area contributed by atoms with E-state index >= 15 is 0 Å². The predicted octanol–water partition coefficient (Wildman–Crippen LogP) is -0.242. The number of carbonyl (C=O) groups excluding carboxylic acids is 1. The topological polar surface area (TPSA) is 134 Å². The molecule has 9 nitrogen and oxygen atoms in total. The summed E-state index contributed by atoms with van der Waals surface area (Å²) in [5.41, 5.74) is 3.22. The molecule has 0 fully saturated rings. The maximum atomic E-state index is 11.9. The van der Waals surface area contributed by atoms with Crippen molar-refractivity contribution < 1.29 is 13.7 Å². The normalized spacial score (nSPS) is 10.9. The largest absolute Gasteiger partial charge is 0.401 e. The van der Waals surface area contributed by atoms with Gasteiger partial charge in [-0.3, -0.25) is 9.78 Å². The Hall–Kier alpha value is -3.23. The summed E-state index contributed by atoms with van der Waals surface area (Å²) in [5.74, 6) is -1.10. The number of aromatic nitrogens is 3. The highest BCUT2D eigenvalue weighted by Crippen LogP contribution is 2.17. The summed E-state index contributed by atoms with van der Waals surface area (Å²) < 4.78 is 10.8. The van der Waals surface area contributed by atoms with Crippen molar-refractivity contribution in [3.63, 3.8) is 0 Å². The number of hydrogen-bond acceptors (Lipinski definition) is 7. The van der Waals surface area contributed by atoms with Gasteiger partial charge in [-0.2, -0.15) is 0 Å². The van der Waals surface area contributed by atoms with Crippen LogP contribution in [0.4, 0.5) is 0 Å². The van der Waals surface area contributed by atoms with E-state index in [4.69, 9.17) is 14.7 Å². The maximum Gasteiger partial charge on any atom is 0.359 e. The first-order valence-electron chi connectivity index (χ1n) is 5.77. The molecule has 0 unspecified atom stereocenters. The van der Waals surface area contributed by atoms with Crippen molar-refractivity contribution in [1.82, 2.24) is 14.8 Å². The molecule has 106 valence electrons. The minimum atomic E-state index is -1.10. The summed E-state index contributed by atoms with van der Waals surface area (Å²) in [7, 11) is 0. The van der Waals surface area contributed by atoms with Crippen LogP contribution in [0.5, 0.6) is 0 Å². The average Bonchev–Trinajstić information content (AvgIpc) is 2.74. The highest BCUT2D eigenvalue weighted by Gasteiger charge is 2.12. The zero-order chi connectivity index (χ0) is 15.1. The molecule has 2 N–H and O–H groups in total. The molecule has 0 saturated carbocycles. The number of nitrogens with zero attached hydrogens (tertiary/aromatic N) is 3. The van der Waals surface area contributed by atoms with Gasteiger partial charge in [-0.25, -0.2) is 9.59 Å². The summed E-state index contributed by atoms with van der Waals surface area (Å²) in [6.07, 6.45) is 1.42. The standard InChI is InChI=1S/C12H8N4O5/c1-5-2-6-8(4-14-5)16-15-11(6)20-12(19)7(10(13)18)3-9(17)21-16/h2-4H,1H3,(H2,13,18). The van der Waals surface area contributed by atoms with Crippen LogP contribution in [-0.2, 0) is 0 Å². The van der Waals surface area contributed by atoms with Crippen LogP contribution in [0.15, 0.2) is 36.9 Å². The fourth-order valence-electron chi connectivity index (χ4n) is 1.81. The van der Waals surface area contributed by atoms with Gasteiger partial charge in [-0.1, -0.05) is 9.79 Å². The minimum Gasteiger partial charge on any atom is -0.401 e. The lowest BCUT2D eigenvalue weighted by Gasteiger charge is -1.91. The molecule has 1 amide bonds. The van der Waals surface area contributed by atoms with Gasteiger partial charge < -0.3 is 14.7 Å². The van der Waals surface area contributed by atoms with Crippen molar-refractivity contribution in [2.75, 3.05) is 0 Å². The zero-order valence-electron chi connectivity index (χ0n) is 10.7. The number of hydrogen-bond donors (Lipinski definition) is 1. The Labute approximate surface area is 115 Å². The fourth-order valence-corrected chi connectivity index (χ4v) is 1.81. The van der Waals surface area contributed by atoms with Crippen LogP contribution >= 0.6 is 0 Å². The predicted molar refractivity (Wildman–Crippen MR) is 69.6 cm³/mol. The Balaban J connectivity index is 2.62. The van der Waals surface area contributed by atoms with Crippen molar-refractivity contribution in [2.45, 2.75) is 6.92 Å². The molecule has 3 aromatic heterocycles. The first kappa shape index (κ1) is 12.8. The molecule has 0 spiro atoms. The maximum absolute atomic E-state index is 11.9. The van der Waals surface area contributed by atoms with E-state index < -0.39 is 22.7 Å². The third-order valence-electron chi connectivity index (χ3n) is 2.75. The molecule has 0 aliphatic rings. The van der Waals surface area contributed by atoms with Crippen LogP contribution in [0, 0.1) is 6.92 Å². The molecule has 0 aromatic carbocycles. The molecule has 0 saturated heterocycles. The lowest BCUT2D eigenvalue weighted by molar-refractivity contribution is 0.0996. The molecule has 3 aromatic rings. The van der Waals surface area contributed by atoms with E-state index in [2.05, 4.69) is 10.1 Å². The van der Waals surface area contributed by atoms with Gasteiger partial charge in [0.1, 0.15) is 11.1 Å². The number of pyridine rings is 1. The van der Waals surface area contributed by atoms with Gasteiger partial charge in [0.2, 0.25) is 0 Å². The van der Waals surface area contributed by atoms with E-state index in [0.717, 1.165) is 4.69 Å². The third-order valence-corrected chi connectivity index (χ3v) is 2.75. The Morgan fingerprint density at radius 1 is 1.33 bits per heavy atom. The Bertz CT molecular complexity index is 1030. The van der Waals surface area contributed by atoms with E-state index in [0.29, 0.717) is 22.7 Å². The van der Waals surface area contributed by atoms with E-state index in [1.165, 1.54) is 6.20 Å². The Morgan fingerprint density at radius 2 is 2.10 bits per heavy atom. The second kappa shape index (κ2) is 4.40. The molecule has 3 rings (SSSR count). The van der Waals surface area contributed by atoms with Crippen LogP contribution in [-0.4, -0.2) is 20.7 Å². The number of nitrogens with two attached hydrogens (primary N) is 1. The Kier molecular flexibility index (Phi) is 2.68. The quantitative estimate of drug-likeness (QED) is 0.652. The van der Waals surface area contributed by atoms with Gasteiger partial charge >= 0.3 is 11.3 Å². The SMILES string of the molecule is Cc1cc2c3nn(oc(=O)cc(C(N)=O)c(=O)o3)c2cn1. The smallest absolute Gasteiger partial charge is 0.359 e. The van der Waals surface area contributed by atoms with Crippen molar-refractivity contribution in [3.05, 3.63) is 50.4 Å². The molecule has 2 bridgehead atoms. The van der Waals surface area contributed by atoms with Gasteiger partial charge in [0.05, 0.1) is 11.6 Å². The van der Waals surface area contributed by atoms with Crippen molar-refractivity contribution in [1.29, 1.82) is 0 Å². The number of fused-ring (bicyclic) bond motifs is 5. The van der Waals surface area contributed by atoms with Crippen molar-refractivity contribution >= 4 is 22.5 Å². The average molecular weight is 288 g/mol. The molecule has 0 atom stereocenters. The summed E-state index contributed by atoms with van der Waals surface area (Å²) in [4.78, 5) is 38.8. The van der Waals surface area contributed by atoms with Gasteiger partial charge in [0.25, 0.3) is 11.6 Å². The first-order valence-corrected chi connectivity index (χ1v) is 5.77. The van der Waals surface area contributed by atoms with Crippen molar-refractivity contribution in [3.8, 4) is 0 Å². The minimum absolute atomic E-state index is 0.109. The number of primary amides is 1. The summed E-state index contributed by atoms with van der Waals surface area (Å²) in [6.45, 7) is 1.73. The highest BCUT2D eigenvalue weighted by molar-refractivity contribution is 5.92. The third kappa shape index (κ3) is 2.10. The highest BCUT2D eigenvalue weighted by atomic mass is 16.5. The van der Waals surface area contributed by atoms with Crippen LogP contribution in [0.1, 0.15) is 16.1 Å². The second-order valence-electron chi connectivity index (χ2n) is 4.24. The van der Waals surface area contributed by atoms with E-state index in [9.17, 15) is 14.4 Å². The molecule has 9 heteroatoms. The number of carbonyl (C=O) groups is 1. The van der Waals surface area contributed by atoms with E-state index in [-0.39, 0.29) is 5.71 Å². The Morgan fingerprint density at radius 3 is 2.81 bits per heavy atom. The molecule has 0 radical (unpaired) electrons. The van der Waals surface area contributed by atoms with Gasteiger partial charge in [0.15, 0.2) is 0 Å². The molecule has 3 heterocycles. The first-order chi connectivity index (χ1) is 9.95. The van der Waals surface area contributed by atoms with Gasteiger partial charge in [-0.05, 0) is 13.0 Å². The van der Waals surface area contributed by atoms with Crippen LogP contribution < -0.4 is 17.0 Å². The van der Waals surface area contributed by atoms with E-state index in [1.54, 1.807) is 13.0 Å². The molecular formula is C12H8N4O5. The molecule has 21 heavy (non-hydrogen) atoms. The van der Waals surface area contributed by atoms with Crippen LogP contribution in [0.3, 0.4) is 0 Å². The second-order valence-corrected chi connectivity index (χ2v) is 4.24. The molecule has 0 aliphatic heterocycles. The summed E-state index contributed by atoms with van der Waals surface area (Å²) in [5, 5.41) is 4.26. The van der Waals surface area contributed by atoms with Crippen LogP contribution in [0.25, 0.3) is 16.6 Å². The number of rotatable bonds is 1. The number of amides is 1. The lowest BCUT2D eigenvalue weighted by atomic mass is 10.3. The van der Waals surface area contributed by atoms with Crippen LogP contribution in [0.2, 0.25) is 0 Å². The lowest BCUT2D eigenvalue weighted by Crippen LogP contribution is -2.21.